The molecule has 0 radical (unpaired) electrons. The Labute approximate surface area is 187 Å². The van der Waals surface area contributed by atoms with Crippen LogP contribution in [0, 0.1) is 5.82 Å². The maximum Gasteiger partial charge on any atom is 0.264 e. The monoisotopic (exact) mass is 452 g/mol. The van der Waals surface area contributed by atoms with Gasteiger partial charge in [0.05, 0.1) is 10.6 Å². The quantitative estimate of drug-likeness (QED) is 0.584. The molecular weight excluding hydrogens is 427 g/mol. The molecule has 4 rings (SSSR count). The van der Waals surface area contributed by atoms with Gasteiger partial charge in [-0.2, -0.15) is 0 Å². The number of para-hydroxylation sites is 1. The lowest BCUT2D eigenvalue weighted by Gasteiger charge is -2.30. The number of nitrogens with zero attached hydrogens (tertiary/aromatic N) is 1. The van der Waals surface area contributed by atoms with Crippen LogP contribution in [0.3, 0.4) is 0 Å². The summed E-state index contributed by atoms with van der Waals surface area (Å²) in [6.45, 7) is 0.808. The van der Waals surface area contributed by atoms with Crippen LogP contribution in [0.5, 0.6) is 0 Å². The number of hydrogen-bond donors (Lipinski definition) is 1. The van der Waals surface area contributed by atoms with E-state index in [1.54, 1.807) is 36.4 Å². The van der Waals surface area contributed by atoms with Gasteiger partial charge in [0.15, 0.2) is 0 Å². The molecule has 1 aliphatic heterocycles. The summed E-state index contributed by atoms with van der Waals surface area (Å²) < 4.78 is 40.8. The summed E-state index contributed by atoms with van der Waals surface area (Å²) in [5.41, 5.74) is 3.51. The highest BCUT2D eigenvalue weighted by atomic mass is 32.2. The number of halogens is 1. The maximum absolute atomic E-state index is 13.2. The molecule has 0 unspecified atom stereocenters. The van der Waals surface area contributed by atoms with E-state index in [2.05, 4.69) is 5.32 Å². The van der Waals surface area contributed by atoms with Crippen molar-refractivity contribution < 1.29 is 17.6 Å². The molecule has 0 aliphatic carbocycles. The molecule has 1 amide bonds. The zero-order chi connectivity index (χ0) is 22.6. The Morgan fingerprint density at radius 3 is 2.38 bits per heavy atom. The zero-order valence-electron chi connectivity index (χ0n) is 17.6. The number of rotatable bonds is 7. The number of fused-ring (bicyclic) bond motifs is 1. The Kier molecular flexibility index (Phi) is 6.55. The molecule has 0 atom stereocenters. The summed E-state index contributed by atoms with van der Waals surface area (Å²) in [5, 5.41) is 2.81. The van der Waals surface area contributed by atoms with E-state index in [1.165, 1.54) is 16.4 Å². The van der Waals surface area contributed by atoms with Crippen LogP contribution in [0.2, 0.25) is 0 Å². The van der Waals surface area contributed by atoms with Crippen LogP contribution >= 0.6 is 0 Å². The Morgan fingerprint density at radius 2 is 1.62 bits per heavy atom. The molecule has 166 valence electrons. The average molecular weight is 453 g/mol. The molecule has 1 heterocycles. The van der Waals surface area contributed by atoms with E-state index < -0.39 is 10.0 Å². The van der Waals surface area contributed by atoms with Gasteiger partial charge in [-0.25, -0.2) is 12.8 Å². The summed E-state index contributed by atoms with van der Waals surface area (Å²) in [6.07, 6.45) is 2.46. The maximum atomic E-state index is 13.2. The number of carbonyl (C=O) groups excluding carboxylic acids is 1. The van der Waals surface area contributed by atoms with Crippen molar-refractivity contribution in [2.24, 2.45) is 0 Å². The van der Waals surface area contributed by atoms with Crippen molar-refractivity contribution in [1.29, 1.82) is 0 Å². The molecule has 0 fully saturated rings. The largest absolute Gasteiger partial charge is 0.352 e. The highest BCUT2D eigenvalue weighted by molar-refractivity contribution is 7.92. The van der Waals surface area contributed by atoms with E-state index in [1.807, 2.05) is 24.3 Å². The second kappa shape index (κ2) is 9.53. The fraction of sp³-hybridized carbons (Fsp3) is 0.240. The standard InChI is InChI=1S/C25H25FN2O3S/c26-22-12-7-20(8-13-22)18-27-25(29)16-11-19-9-14-23(15-10-19)32(30,31)28-17-3-5-21-4-1-2-6-24(21)28/h1-2,4,6-10,12-15H,3,5,11,16-18H2,(H,27,29). The number of hydrogen-bond acceptors (Lipinski definition) is 3. The first kappa shape index (κ1) is 22.0. The molecule has 0 aromatic heterocycles. The van der Waals surface area contributed by atoms with Crippen LogP contribution in [0.25, 0.3) is 0 Å². The summed E-state index contributed by atoms with van der Waals surface area (Å²) in [4.78, 5) is 12.4. The molecule has 5 nitrogen and oxygen atoms in total. The number of carbonyl (C=O) groups is 1. The summed E-state index contributed by atoms with van der Waals surface area (Å²) in [6, 6.07) is 20.3. The lowest BCUT2D eigenvalue weighted by atomic mass is 10.0. The summed E-state index contributed by atoms with van der Waals surface area (Å²) in [5.74, 6) is -0.425. The van der Waals surface area contributed by atoms with E-state index in [0.717, 1.165) is 35.2 Å². The average Bonchev–Trinajstić information content (AvgIpc) is 2.82. The highest BCUT2D eigenvalue weighted by Crippen LogP contribution is 2.31. The van der Waals surface area contributed by atoms with Gasteiger partial charge in [-0.1, -0.05) is 42.5 Å². The molecule has 1 N–H and O–H groups in total. The number of amides is 1. The molecule has 0 saturated carbocycles. The normalized spacial score (nSPS) is 13.5. The number of nitrogens with one attached hydrogen (secondary N) is 1. The molecule has 3 aromatic rings. The Morgan fingerprint density at radius 1 is 0.938 bits per heavy atom. The molecule has 0 bridgehead atoms. The van der Waals surface area contributed by atoms with Crippen LogP contribution in [-0.4, -0.2) is 20.9 Å². The van der Waals surface area contributed by atoms with Gasteiger partial charge in [-0.05, 0) is 66.3 Å². The third-order valence-corrected chi connectivity index (χ3v) is 7.45. The van der Waals surface area contributed by atoms with Crippen molar-refractivity contribution in [3.05, 3.63) is 95.3 Å². The van der Waals surface area contributed by atoms with Gasteiger partial charge in [0.1, 0.15) is 5.82 Å². The topological polar surface area (TPSA) is 66.5 Å². The van der Waals surface area contributed by atoms with Crippen molar-refractivity contribution in [3.8, 4) is 0 Å². The lowest BCUT2D eigenvalue weighted by Crippen LogP contribution is -2.35. The van der Waals surface area contributed by atoms with Crippen molar-refractivity contribution in [2.45, 2.75) is 37.1 Å². The van der Waals surface area contributed by atoms with Crippen molar-refractivity contribution in [2.75, 3.05) is 10.8 Å². The predicted octanol–water partition coefficient (Wildman–Crippen LogP) is 4.22. The number of sulfonamides is 1. The predicted molar refractivity (Wildman–Crippen MR) is 122 cm³/mol. The summed E-state index contributed by atoms with van der Waals surface area (Å²) >= 11 is 0. The highest BCUT2D eigenvalue weighted by Gasteiger charge is 2.28. The molecule has 3 aromatic carbocycles. The molecule has 0 saturated heterocycles. The molecule has 32 heavy (non-hydrogen) atoms. The number of anilines is 1. The minimum Gasteiger partial charge on any atom is -0.352 e. The van der Waals surface area contributed by atoms with Crippen LogP contribution < -0.4 is 9.62 Å². The van der Waals surface area contributed by atoms with Crippen molar-refractivity contribution in [3.63, 3.8) is 0 Å². The van der Waals surface area contributed by atoms with Gasteiger partial charge in [0.2, 0.25) is 5.91 Å². The second-order valence-corrected chi connectivity index (χ2v) is 9.72. The third-order valence-electron chi connectivity index (χ3n) is 5.62. The fourth-order valence-corrected chi connectivity index (χ4v) is 5.39. The number of aryl methyl sites for hydroxylation is 2. The van der Waals surface area contributed by atoms with Gasteiger partial charge in [-0.3, -0.25) is 9.10 Å². The van der Waals surface area contributed by atoms with E-state index in [4.69, 9.17) is 0 Å². The fourth-order valence-electron chi connectivity index (χ4n) is 3.85. The first-order valence-electron chi connectivity index (χ1n) is 10.6. The van der Waals surface area contributed by atoms with Gasteiger partial charge in [0.25, 0.3) is 10.0 Å². The molecular formula is C25H25FN2O3S. The van der Waals surface area contributed by atoms with E-state index in [9.17, 15) is 17.6 Å². The third kappa shape index (κ3) is 4.99. The Hall–Kier alpha value is -3.19. The SMILES string of the molecule is O=C(CCc1ccc(S(=O)(=O)N2CCCc3ccccc32)cc1)NCc1ccc(F)cc1. The van der Waals surface area contributed by atoms with Gasteiger partial charge in [0, 0.05) is 19.5 Å². The molecule has 7 heteroatoms. The minimum atomic E-state index is -3.64. The van der Waals surface area contributed by atoms with Gasteiger partial charge >= 0.3 is 0 Å². The Bertz CT molecular complexity index is 1190. The molecule has 0 spiro atoms. The van der Waals surface area contributed by atoms with E-state index in [0.29, 0.717) is 19.5 Å². The first-order valence-corrected chi connectivity index (χ1v) is 12.1. The first-order chi connectivity index (χ1) is 15.4. The summed E-state index contributed by atoms with van der Waals surface area (Å²) in [7, 11) is -3.64. The van der Waals surface area contributed by atoms with Crippen LogP contribution in [0.15, 0.2) is 77.7 Å². The van der Waals surface area contributed by atoms with E-state index >= 15 is 0 Å². The van der Waals surface area contributed by atoms with Crippen molar-refractivity contribution in [1.82, 2.24) is 5.32 Å². The van der Waals surface area contributed by atoms with Gasteiger partial charge in [-0.15, -0.1) is 0 Å². The molecule has 1 aliphatic rings. The van der Waals surface area contributed by atoms with Crippen molar-refractivity contribution >= 4 is 21.6 Å². The van der Waals surface area contributed by atoms with Gasteiger partial charge < -0.3 is 5.32 Å². The van der Waals surface area contributed by atoms with Crippen LogP contribution in [0.1, 0.15) is 29.5 Å². The Balaban J connectivity index is 1.36. The number of benzene rings is 3. The zero-order valence-corrected chi connectivity index (χ0v) is 18.4. The smallest absolute Gasteiger partial charge is 0.264 e. The minimum absolute atomic E-state index is 0.115. The van der Waals surface area contributed by atoms with Crippen LogP contribution in [0.4, 0.5) is 10.1 Å². The second-order valence-electron chi connectivity index (χ2n) is 7.86. The lowest BCUT2D eigenvalue weighted by molar-refractivity contribution is -0.121. The van der Waals surface area contributed by atoms with E-state index in [-0.39, 0.29) is 23.0 Å². The van der Waals surface area contributed by atoms with Crippen LogP contribution in [-0.2, 0) is 34.2 Å².